The van der Waals surface area contributed by atoms with E-state index in [9.17, 15) is 10.2 Å². The Bertz CT molecular complexity index is 474. The average molecular weight is 330 g/mol. The number of hydrogen-bond acceptors (Lipinski definition) is 6. The Balaban J connectivity index is 3.04. The first-order valence-electron chi connectivity index (χ1n) is 6.94. The molecule has 1 fully saturated rings. The van der Waals surface area contributed by atoms with Crippen molar-refractivity contribution in [3.05, 3.63) is 20.9 Å². The maximum atomic E-state index is 10.3. The molecule has 10 nitrogen and oxygen atoms in total. The van der Waals surface area contributed by atoms with Crippen molar-refractivity contribution in [1.82, 2.24) is 0 Å². The normalized spacial score (nSPS) is 33.5. The zero-order valence-corrected chi connectivity index (χ0v) is 14.1. The Hall–Kier alpha value is -1.32. The summed E-state index contributed by atoms with van der Waals surface area (Å²) in [6, 6.07) is -2.10. The molecule has 11 heteroatoms. The first-order valence-corrected chi connectivity index (χ1v) is 10.5. The summed E-state index contributed by atoms with van der Waals surface area (Å²) in [6.07, 6.45) is -3.22. The first kappa shape index (κ1) is 18.7. The van der Waals surface area contributed by atoms with Gasteiger partial charge < -0.3 is 19.7 Å². The molecule has 0 radical (unpaired) electrons. The number of azide groups is 2. The molecule has 6 atom stereocenters. The van der Waals surface area contributed by atoms with Gasteiger partial charge in [0.25, 0.3) is 0 Å². The Morgan fingerprint density at radius 1 is 1.23 bits per heavy atom. The SMILES string of the molecule is CC(OC1O[C@H](CO)[C@@H](N=[N+]=[N-])[C@H](O)[C@@H]1N=[N+]=[N-])[Si](C)(C)C. The van der Waals surface area contributed by atoms with Gasteiger partial charge in [0.1, 0.15) is 6.04 Å². The second kappa shape index (κ2) is 7.79. The van der Waals surface area contributed by atoms with Crippen molar-refractivity contribution in [3.8, 4) is 0 Å². The van der Waals surface area contributed by atoms with Crippen molar-refractivity contribution in [1.29, 1.82) is 0 Å². The highest BCUT2D eigenvalue weighted by molar-refractivity contribution is 6.77. The molecule has 1 saturated heterocycles. The molecule has 0 aromatic carbocycles. The van der Waals surface area contributed by atoms with Crippen LogP contribution in [0.5, 0.6) is 0 Å². The highest BCUT2D eigenvalue weighted by Crippen LogP contribution is 2.28. The first-order chi connectivity index (χ1) is 10.3. The van der Waals surface area contributed by atoms with Gasteiger partial charge >= 0.3 is 0 Å². The predicted octanol–water partition coefficient (Wildman–Crippen LogP) is 1.70. The van der Waals surface area contributed by atoms with Gasteiger partial charge in [0.15, 0.2) is 6.29 Å². The van der Waals surface area contributed by atoms with Gasteiger partial charge in [-0.1, -0.05) is 29.9 Å². The van der Waals surface area contributed by atoms with E-state index in [1.807, 2.05) is 6.92 Å². The lowest BCUT2D eigenvalue weighted by atomic mass is 9.96. The zero-order chi connectivity index (χ0) is 16.9. The molecule has 1 heterocycles. The molecule has 2 N–H and O–H groups in total. The van der Waals surface area contributed by atoms with E-state index in [4.69, 9.17) is 20.5 Å². The average Bonchev–Trinajstić information content (AvgIpc) is 2.44. The lowest BCUT2D eigenvalue weighted by Gasteiger charge is -2.42. The van der Waals surface area contributed by atoms with Gasteiger partial charge in [-0.25, -0.2) is 0 Å². The summed E-state index contributed by atoms with van der Waals surface area (Å²) in [5.41, 5.74) is 17.1. The summed E-state index contributed by atoms with van der Waals surface area (Å²) in [4.78, 5) is 5.33. The number of aliphatic hydroxyl groups is 2. The van der Waals surface area contributed by atoms with Crippen LogP contribution < -0.4 is 0 Å². The van der Waals surface area contributed by atoms with E-state index < -0.39 is 45.3 Å². The molecule has 2 unspecified atom stereocenters. The minimum absolute atomic E-state index is 0.128. The van der Waals surface area contributed by atoms with Crippen LogP contribution in [0.3, 0.4) is 0 Å². The highest BCUT2D eigenvalue weighted by Gasteiger charge is 2.46. The fourth-order valence-electron chi connectivity index (χ4n) is 1.97. The van der Waals surface area contributed by atoms with Crippen LogP contribution in [0.15, 0.2) is 10.2 Å². The number of aliphatic hydroxyl groups excluding tert-OH is 2. The maximum Gasteiger partial charge on any atom is 0.169 e. The molecule has 124 valence electrons. The minimum atomic E-state index is -1.65. The molecule has 1 aliphatic rings. The third kappa shape index (κ3) is 4.34. The summed E-state index contributed by atoms with van der Waals surface area (Å²) in [5, 5.41) is 26.6. The van der Waals surface area contributed by atoms with E-state index in [0.717, 1.165) is 0 Å². The summed E-state index contributed by atoms with van der Waals surface area (Å²) < 4.78 is 11.4. The van der Waals surface area contributed by atoms with E-state index in [0.29, 0.717) is 0 Å². The van der Waals surface area contributed by atoms with Crippen LogP contribution in [0.2, 0.25) is 19.6 Å². The quantitative estimate of drug-likeness (QED) is 0.329. The fourth-order valence-corrected chi connectivity index (χ4v) is 2.51. The minimum Gasteiger partial charge on any atom is -0.394 e. The lowest BCUT2D eigenvalue weighted by molar-refractivity contribution is -0.242. The summed E-state index contributed by atoms with van der Waals surface area (Å²) in [7, 11) is -1.65. The van der Waals surface area contributed by atoms with Gasteiger partial charge in [-0.05, 0) is 18.0 Å². The number of hydrogen-bond donors (Lipinski definition) is 2. The monoisotopic (exact) mass is 330 g/mol. The second-order valence-electron chi connectivity index (χ2n) is 6.25. The highest BCUT2D eigenvalue weighted by atomic mass is 28.3. The second-order valence-corrected chi connectivity index (χ2v) is 11.8. The van der Waals surface area contributed by atoms with Crippen molar-refractivity contribution < 1.29 is 19.7 Å². The van der Waals surface area contributed by atoms with Crippen LogP contribution in [0.25, 0.3) is 20.9 Å². The van der Waals surface area contributed by atoms with Crippen LogP contribution in [0.1, 0.15) is 6.92 Å². The van der Waals surface area contributed by atoms with E-state index >= 15 is 0 Å². The van der Waals surface area contributed by atoms with E-state index in [1.165, 1.54) is 0 Å². The molecule has 0 bridgehead atoms. The van der Waals surface area contributed by atoms with Crippen LogP contribution in [-0.2, 0) is 9.47 Å². The van der Waals surface area contributed by atoms with Gasteiger partial charge in [0, 0.05) is 15.6 Å². The van der Waals surface area contributed by atoms with Crippen molar-refractivity contribution in [2.45, 2.75) is 62.9 Å². The van der Waals surface area contributed by atoms with Crippen molar-refractivity contribution in [3.63, 3.8) is 0 Å². The largest absolute Gasteiger partial charge is 0.394 e. The van der Waals surface area contributed by atoms with Crippen molar-refractivity contribution in [2.75, 3.05) is 6.61 Å². The van der Waals surface area contributed by atoms with Crippen LogP contribution in [0.4, 0.5) is 0 Å². The Labute approximate surface area is 129 Å². The van der Waals surface area contributed by atoms with Crippen molar-refractivity contribution in [2.24, 2.45) is 10.2 Å². The molecule has 1 rings (SSSR count). The van der Waals surface area contributed by atoms with Gasteiger partial charge in [-0.3, -0.25) is 0 Å². The Morgan fingerprint density at radius 3 is 2.23 bits per heavy atom. The number of ether oxygens (including phenoxy) is 2. The summed E-state index contributed by atoms with van der Waals surface area (Å²) >= 11 is 0. The standard InChI is InChI=1S/C11H22N6O4Si/c1-6(22(2,3)4)20-11-9(15-17-13)10(19)8(14-16-12)7(5-18)21-11/h6-11,18-19H,5H2,1-4H3/t6?,7-,8-,9+,10+,11?/m1/s1. The van der Waals surface area contributed by atoms with E-state index in [-0.39, 0.29) is 5.73 Å². The molecule has 0 spiro atoms. The van der Waals surface area contributed by atoms with Crippen LogP contribution in [0, 0.1) is 0 Å². The molecule has 0 aromatic heterocycles. The molecular weight excluding hydrogens is 308 g/mol. The van der Waals surface area contributed by atoms with Gasteiger partial charge in [-0.15, -0.1) is 0 Å². The van der Waals surface area contributed by atoms with Crippen LogP contribution in [-0.4, -0.2) is 61.2 Å². The van der Waals surface area contributed by atoms with Gasteiger partial charge in [0.2, 0.25) is 0 Å². The summed E-state index contributed by atoms with van der Waals surface area (Å²) in [5.74, 6) is 0. The third-order valence-electron chi connectivity index (χ3n) is 3.78. The maximum absolute atomic E-state index is 10.3. The lowest BCUT2D eigenvalue weighted by Crippen LogP contribution is -2.59. The summed E-state index contributed by atoms with van der Waals surface area (Å²) in [6.45, 7) is 7.75. The molecule has 0 aromatic rings. The smallest absolute Gasteiger partial charge is 0.169 e. The Morgan fingerprint density at radius 2 is 1.77 bits per heavy atom. The predicted molar refractivity (Wildman–Crippen MR) is 81.5 cm³/mol. The fraction of sp³-hybridized carbons (Fsp3) is 1.00. The Kier molecular flexibility index (Phi) is 6.63. The van der Waals surface area contributed by atoms with Crippen molar-refractivity contribution >= 4 is 8.07 Å². The number of nitrogens with zero attached hydrogens (tertiary/aromatic N) is 6. The zero-order valence-electron chi connectivity index (χ0n) is 13.1. The molecular formula is C11H22N6O4Si. The van der Waals surface area contributed by atoms with Gasteiger partial charge in [-0.2, -0.15) is 0 Å². The van der Waals surface area contributed by atoms with Gasteiger partial charge in [0.05, 0.1) is 32.9 Å². The van der Waals surface area contributed by atoms with E-state index in [1.54, 1.807) is 0 Å². The molecule has 0 aliphatic carbocycles. The topological polar surface area (TPSA) is 156 Å². The third-order valence-corrected chi connectivity index (χ3v) is 6.35. The number of rotatable bonds is 6. The molecule has 0 amide bonds. The molecule has 1 aliphatic heterocycles. The van der Waals surface area contributed by atoms with E-state index in [2.05, 4.69) is 39.7 Å². The molecule has 22 heavy (non-hydrogen) atoms. The molecule has 0 saturated carbocycles. The van der Waals surface area contributed by atoms with Crippen LogP contribution >= 0.6 is 0 Å².